The second-order valence-electron chi connectivity index (χ2n) is 11.3. The summed E-state index contributed by atoms with van der Waals surface area (Å²) in [4.78, 5) is 29.5. The summed E-state index contributed by atoms with van der Waals surface area (Å²) in [5.41, 5.74) is 8.29. The molecule has 3 N–H and O–H groups in total. The monoisotopic (exact) mass is 523 g/mol. The maximum atomic E-state index is 13.2. The number of aryl methyl sites for hydroxylation is 2. The number of rotatable bonds is 4. The lowest BCUT2D eigenvalue weighted by molar-refractivity contribution is 0.0966. The number of fused-ring (bicyclic) bond motifs is 10. The minimum Gasteiger partial charge on any atom is -0.491 e. The summed E-state index contributed by atoms with van der Waals surface area (Å²) < 4.78 is 11.7. The summed E-state index contributed by atoms with van der Waals surface area (Å²) in [5, 5.41) is 8.10. The number of H-pyrrole nitrogens is 1. The van der Waals surface area contributed by atoms with E-state index in [1.165, 1.54) is 17.5 Å². The van der Waals surface area contributed by atoms with Gasteiger partial charge >= 0.3 is 6.09 Å². The SMILES string of the molecule is CC(C)Oc1ccc2c(c1)CCc1c-2c2c(c3c1[nH]c1ccc(OC(=O)NC4CCCCC4)cc13)CNC2=O. The van der Waals surface area contributed by atoms with Gasteiger partial charge in [-0.25, -0.2) is 4.79 Å². The summed E-state index contributed by atoms with van der Waals surface area (Å²) in [5.74, 6) is 1.33. The molecule has 0 saturated heterocycles. The molecule has 0 unspecified atom stereocenters. The summed E-state index contributed by atoms with van der Waals surface area (Å²) >= 11 is 0. The Labute approximate surface area is 227 Å². The van der Waals surface area contributed by atoms with Gasteiger partial charge in [0.1, 0.15) is 11.5 Å². The highest BCUT2D eigenvalue weighted by Crippen LogP contribution is 2.46. The van der Waals surface area contributed by atoms with Crippen molar-refractivity contribution in [1.29, 1.82) is 0 Å². The third-order valence-corrected chi connectivity index (χ3v) is 8.38. The average Bonchev–Trinajstić information content (AvgIpc) is 3.49. The summed E-state index contributed by atoms with van der Waals surface area (Å²) in [7, 11) is 0. The van der Waals surface area contributed by atoms with Crippen LogP contribution in [0.4, 0.5) is 4.79 Å². The molecule has 3 aliphatic rings. The van der Waals surface area contributed by atoms with Crippen LogP contribution in [0.3, 0.4) is 0 Å². The van der Waals surface area contributed by atoms with Gasteiger partial charge < -0.3 is 25.1 Å². The average molecular weight is 524 g/mol. The van der Waals surface area contributed by atoms with Crippen molar-refractivity contribution in [2.75, 3.05) is 0 Å². The number of benzene rings is 3. The minimum atomic E-state index is -0.405. The van der Waals surface area contributed by atoms with Crippen LogP contribution < -0.4 is 20.1 Å². The van der Waals surface area contributed by atoms with Crippen LogP contribution in [0.5, 0.6) is 11.5 Å². The third kappa shape index (κ3) is 4.11. The Kier molecular flexibility index (Phi) is 5.76. The highest BCUT2D eigenvalue weighted by molar-refractivity contribution is 6.19. The molecule has 7 nitrogen and oxygen atoms in total. The largest absolute Gasteiger partial charge is 0.491 e. The molecule has 2 amide bonds. The van der Waals surface area contributed by atoms with Crippen molar-refractivity contribution in [2.24, 2.45) is 0 Å². The first-order valence-electron chi connectivity index (χ1n) is 14.2. The quantitative estimate of drug-likeness (QED) is 0.283. The van der Waals surface area contributed by atoms with Crippen LogP contribution in [0.15, 0.2) is 36.4 Å². The third-order valence-electron chi connectivity index (χ3n) is 8.38. The lowest BCUT2D eigenvalue weighted by Crippen LogP contribution is -2.37. The molecule has 7 rings (SSSR count). The zero-order chi connectivity index (χ0) is 26.7. The lowest BCUT2D eigenvalue weighted by atomic mass is 9.80. The first-order valence-corrected chi connectivity index (χ1v) is 14.2. The van der Waals surface area contributed by atoms with Crippen LogP contribution in [0, 0.1) is 0 Å². The molecule has 0 bridgehead atoms. The van der Waals surface area contributed by atoms with Crippen molar-refractivity contribution in [3.05, 3.63) is 58.7 Å². The van der Waals surface area contributed by atoms with E-state index in [0.29, 0.717) is 12.3 Å². The molecule has 7 heteroatoms. The van der Waals surface area contributed by atoms with Gasteiger partial charge in [0.05, 0.1) is 17.2 Å². The second-order valence-corrected chi connectivity index (χ2v) is 11.3. The molecular weight excluding hydrogens is 490 g/mol. The standard InChI is InChI=1S/C32H33N3O4/c1-17(2)38-20-9-12-22-18(14-20)8-11-23-27(22)29-25(16-33-31(29)36)28-24-15-21(10-13-26(24)35-30(23)28)39-32(37)34-19-6-4-3-5-7-19/h9-10,12-15,17,19,35H,3-8,11,16H2,1-2H3,(H,33,36)(H,34,37). The zero-order valence-electron chi connectivity index (χ0n) is 22.4. The summed E-state index contributed by atoms with van der Waals surface area (Å²) in [6.07, 6.45) is 6.92. The summed E-state index contributed by atoms with van der Waals surface area (Å²) in [6.45, 7) is 4.53. The van der Waals surface area contributed by atoms with Gasteiger partial charge in [-0.3, -0.25) is 4.79 Å². The van der Waals surface area contributed by atoms with Gasteiger partial charge in [-0.05, 0) is 92.1 Å². The van der Waals surface area contributed by atoms with Crippen LogP contribution in [0.2, 0.25) is 0 Å². The van der Waals surface area contributed by atoms with Crippen molar-refractivity contribution in [1.82, 2.24) is 15.6 Å². The van der Waals surface area contributed by atoms with Crippen molar-refractivity contribution in [3.63, 3.8) is 0 Å². The van der Waals surface area contributed by atoms with E-state index in [0.717, 1.165) is 88.3 Å². The summed E-state index contributed by atoms with van der Waals surface area (Å²) in [6, 6.07) is 12.1. The predicted molar refractivity (Wildman–Crippen MR) is 152 cm³/mol. The number of hydrogen-bond acceptors (Lipinski definition) is 4. The number of hydrogen-bond donors (Lipinski definition) is 3. The Morgan fingerprint density at radius 2 is 1.79 bits per heavy atom. The van der Waals surface area contributed by atoms with Gasteiger partial charge in [0.25, 0.3) is 5.91 Å². The smallest absolute Gasteiger partial charge is 0.412 e. The first kappa shape index (κ1) is 24.1. The van der Waals surface area contributed by atoms with Crippen LogP contribution >= 0.6 is 0 Å². The van der Waals surface area contributed by atoms with Crippen molar-refractivity contribution >= 4 is 33.8 Å². The van der Waals surface area contributed by atoms with E-state index in [1.54, 1.807) is 0 Å². The predicted octanol–water partition coefficient (Wildman–Crippen LogP) is 6.54. The van der Waals surface area contributed by atoms with E-state index in [2.05, 4.69) is 27.8 Å². The molecule has 2 heterocycles. The minimum absolute atomic E-state index is 0.0351. The maximum absolute atomic E-state index is 13.2. The van der Waals surface area contributed by atoms with Crippen LogP contribution in [0.25, 0.3) is 32.9 Å². The van der Waals surface area contributed by atoms with Gasteiger partial charge in [-0.15, -0.1) is 0 Å². The Balaban J connectivity index is 1.32. The number of carbonyl (C=O) groups excluding carboxylic acids is 2. The van der Waals surface area contributed by atoms with Gasteiger partial charge in [0.15, 0.2) is 0 Å². The number of aromatic nitrogens is 1. The highest BCUT2D eigenvalue weighted by Gasteiger charge is 2.33. The van der Waals surface area contributed by atoms with Crippen LogP contribution in [-0.4, -0.2) is 29.1 Å². The number of ether oxygens (including phenoxy) is 2. The van der Waals surface area contributed by atoms with Crippen LogP contribution in [0.1, 0.15) is 73.0 Å². The van der Waals surface area contributed by atoms with Crippen LogP contribution in [-0.2, 0) is 19.4 Å². The fourth-order valence-corrected chi connectivity index (χ4v) is 6.73. The molecule has 1 fully saturated rings. The van der Waals surface area contributed by atoms with Gasteiger partial charge in [0.2, 0.25) is 0 Å². The maximum Gasteiger partial charge on any atom is 0.412 e. The van der Waals surface area contributed by atoms with Crippen molar-refractivity contribution in [2.45, 2.75) is 77.5 Å². The highest BCUT2D eigenvalue weighted by atomic mass is 16.6. The van der Waals surface area contributed by atoms with Gasteiger partial charge in [-0.1, -0.05) is 25.3 Å². The van der Waals surface area contributed by atoms with Crippen molar-refractivity contribution in [3.8, 4) is 22.6 Å². The molecule has 2 aliphatic carbocycles. The second kappa shape index (κ2) is 9.33. The molecule has 0 radical (unpaired) electrons. The Morgan fingerprint density at radius 3 is 2.62 bits per heavy atom. The topological polar surface area (TPSA) is 92.4 Å². The molecule has 200 valence electrons. The Morgan fingerprint density at radius 1 is 0.974 bits per heavy atom. The number of amides is 2. The number of aromatic amines is 1. The fourth-order valence-electron chi connectivity index (χ4n) is 6.73. The molecule has 4 aromatic rings. The molecular formula is C32H33N3O4. The lowest BCUT2D eigenvalue weighted by Gasteiger charge is -2.24. The van der Waals surface area contributed by atoms with E-state index < -0.39 is 6.09 Å². The molecule has 1 aliphatic heterocycles. The van der Waals surface area contributed by atoms with E-state index in [-0.39, 0.29) is 18.1 Å². The molecule has 39 heavy (non-hydrogen) atoms. The van der Waals surface area contributed by atoms with E-state index in [1.807, 2.05) is 38.1 Å². The number of carbonyl (C=O) groups is 2. The zero-order valence-corrected chi connectivity index (χ0v) is 22.4. The van der Waals surface area contributed by atoms with E-state index >= 15 is 0 Å². The van der Waals surface area contributed by atoms with Crippen molar-refractivity contribution < 1.29 is 19.1 Å². The molecule has 3 aromatic carbocycles. The fraction of sp³-hybridized carbons (Fsp3) is 0.375. The number of nitrogens with one attached hydrogen (secondary N) is 3. The first-order chi connectivity index (χ1) is 19.0. The van der Waals surface area contributed by atoms with Gasteiger partial charge in [-0.2, -0.15) is 0 Å². The van der Waals surface area contributed by atoms with E-state index in [9.17, 15) is 9.59 Å². The molecule has 0 spiro atoms. The molecule has 0 atom stereocenters. The Bertz CT molecular complexity index is 1640. The van der Waals surface area contributed by atoms with Gasteiger partial charge in [0, 0.05) is 34.4 Å². The normalized spacial score (nSPS) is 16.6. The molecule has 1 saturated carbocycles. The van der Waals surface area contributed by atoms with E-state index in [4.69, 9.17) is 9.47 Å². The molecule has 1 aromatic heterocycles. The Hall–Kier alpha value is -4.00.